The van der Waals surface area contributed by atoms with Crippen molar-refractivity contribution in [3.8, 4) is 11.1 Å². The first-order valence-electron chi connectivity index (χ1n) is 17.0. The van der Waals surface area contributed by atoms with E-state index in [9.17, 15) is 0 Å². The average Bonchev–Trinajstić information content (AvgIpc) is 3.54. The summed E-state index contributed by atoms with van der Waals surface area (Å²) in [5.74, 6) is 0.580. The number of para-hydroxylation sites is 2. The summed E-state index contributed by atoms with van der Waals surface area (Å²) in [7, 11) is 0. The molecule has 7 aromatic carbocycles. The summed E-state index contributed by atoms with van der Waals surface area (Å²) < 4.78 is 6.39. The highest BCUT2D eigenvalue weighted by molar-refractivity contribution is 6.13. The van der Waals surface area contributed by atoms with Gasteiger partial charge in [0.2, 0.25) is 0 Å². The molecule has 2 nitrogen and oxygen atoms in total. The minimum absolute atomic E-state index is 0.196. The monoisotopic (exact) mass is 615 g/mol. The Morgan fingerprint density at radius 2 is 1.23 bits per heavy atom. The Kier molecular flexibility index (Phi) is 6.17. The molecule has 1 aliphatic heterocycles. The molecule has 10 rings (SSSR count). The van der Waals surface area contributed by atoms with Gasteiger partial charge in [-0.1, -0.05) is 133 Å². The van der Waals surface area contributed by atoms with Crippen LogP contribution in [0.15, 0.2) is 174 Å². The van der Waals surface area contributed by atoms with Gasteiger partial charge in [-0.2, -0.15) is 0 Å². The first-order valence-corrected chi connectivity index (χ1v) is 17.0. The molecule has 0 bridgehead atoms. The molecule has 1 unspecified atom stereocenters. The Morgan fingerprint density at radius 3 is 2.15 bits per heavy atom. The van der Waals surface area contributed by atoms with E-state index in [-0.39, 0.29) is 5.92 Å². The molecule has 2 heterocycles. The summed E-state index contributed by atoms with van der Waals surface area (Å²) in [6.45, 7) is 0. The van der Waals surface area contributed by atoms with E-state index in [2.05, 4.69) is 169 Å². The lowest BCUT2D eigenvalue weighted by atomic mass is 9.78. The van der Waals surface area contributed by atoms with Crippen LogP contribution in [0.1, 0.15) is 29.9 Å². The lowest BCUT2D eigenvalue weighted by molar-refractivity contribution is 0.550. The predicted octanol–water partition coefficient (Wildman–Crippen LogP) is 12.7. The molecule has 2 heteroatoms. The lowest BCUT2D eigenvalue weighted by Crippen LogP contribution is -2.21. The molecule has 0 radical (unpaired) electrons. The van der Waals surface area contributed by atoms with Crippen LogP contribution in [-0.2, 0) is 0 Å². The van der Waals surface area contributed by atoms with Crippen LogP contribution in [0.3, 0.4) is 0 Å². The molecule has 1 aromatic heterocycles. The van der Waals surface area contributed by atoms with Gasteiger partial charge in [0.05, 0.1) is 11.4 Å². The van der Waals surface area contributed by atoms with Gasteiger partial charge in [-0.05, 0) is 82.0 Å². The highest BCUT2D eigenvalue weighted by Gasteiger charge is 2.29. The molecular weight excluding hydrogens is 583 g/mol. The second kappa shape index (κ2) is 10.9. The first-order chi connectivity index (χ1) is 23.8. The van der Waals surface area contributed by atoms with Crippen LogP contribution in [0.4, 0.5) is 11.4 Å². The molecule has 1 aliphatic carbocycles. The second-order valence-electron chi connectivity index (χ2n) is 13.2. The fourth-order valence-corrected chi connectivity index (χ4v) is 8.40. The van der Waals surface area contributed by atoms with Crippen LogP contribution >= 0.6 is 0 Å². The number of anilines is 2. The zero-order chi connectivity index (χ0) is 31.6. The second-order valence-corrected chi connectivity index (χ2v) is 13.2. The van der Waals surface area contributed by atoms with E-state index in [4.69, 9.17) is 4.42 Å². The van der Waals surface area contributed by atoms with Crippen molar-refractivity contribution in [1.82, 2.24) is 0 Å². The molecule has 2 atom stereocenters. The van der Waals surface area contributed by atoms with Crippen LogP contribution < -0.4 is 4.90 Å². The Bertz CT molecular complexity index is 2590. The van der Waals surface area contributed by atoms with E-state index in [1.807, 2.05) is 0 Å². The van der Waals surface area contributed by atoms with Crippen molar-refractivity contribution in [2.75, 3.05) is 4.90 Å². The highest BCUT2D eigenvalue weighted by atomic mass is 16.3. The molecule has 0 saturated heterocycles. The Labute approximate surface area is 279 Å². The van der Waals surface area contributed by atoms with Crippen molar-refractivity contribution in [3.63, 3.8) is 0 Å². The summed E-state index contributed by atoms with van der Waals surface area (Å²) >= 11 is 0. The SMILES string of the molecule is C1=CC(C[C@@H](c2cccc3ccccc23)c2cccc3oc4ccccc4c23)CC=C1N1c2ccccc2-c2cccc3cccc1c23. The van der Waals surface area contributed by atoms with Crippen molar-refractivity contribution in [1.29, 1.82) is 0 Å². The summed E-state index contributed by atoms with van der Waals surface area (Å²) in [6.07, 6.45) is 9.27. The fraction of sp³-hybridized carbons (Fsp3) is 0.0870. The molecule has 0 N–H and O–H groups in total. The average molecular weight is 616 g/mol. The normalized spacial score (nSPS) is 16.0. The van der Waals surface area contributed by atoms with E-state index in [0.717, 1.165) is 24.0 Å². The smallest absolute Gasteiger partial charge is 0.135 e. The van der Waals surface area contributed by atoms with E-state index < -0.39 is 0 Å². The summed E-state index contributed by atoms with van der Waals surface area (Å²) in [6, 6.07) is 52.9. The third kappa shape index (κ3) is 4.19. The fourth-order valence-electron chi connectivity index (χ4n) is 8.40. The van der Waals surface area contributed by atoms with E-state index in [1.165, 1.54) is 71.6 Å². The molecule has 0 spiro atoms. The van der Waals surface area contributed by atoms with Crippen LogP contribution in [0, 0.1) is 5.92 Å². The van der Waals surface area contributed by atoms with Gasteiger partial charge < -0.3 is 9.32 Å². The minimum atomic E-state index is 0.196. The lowest BCUT2D eigenvalue weighted by Gasteiger charge is -2.35. The van der Waals surface area contributed by atoms with E-state index in [0.29, 0.717) is 5.92 Å². The zero-order valence-electron chi connectivity index (χ0n) is 26.5. The molecule has 2 aliphatic rings. The molecule has 48 heavy (non-hydrogen) atoms. The number of nitrogens with zero attached hydrogens (tertiary/aromatic N) is 1. The zero-order valence-corrected chi connectivity index (χ0v) is 26.5. The summed E-state index contributed by atoms with van der Waals surface area (Å²) in [4.78, 5) is 2.47. The van der Waals surface area contributed by atoms with Crippen LogP contribution in [0.5, 0.6) is 0 Å². The largest absolute Gasteiger partial charge is 0.456 e. The minimum Gasteiger partial charge on any atom is -0.456 e. The van der Waals surface area contributed by atoms with E-state index >= 15 is 0 Å². The van der Waals surface area contributed by atoms with Crippen molar-refractivity contribution in [2.45, 2.75) is 18.8 Å². The quantitative estimate of drug-likeness (QED) is 0.191. The highest BCUT2D eigenvalue weighted by Crippen LogP contribution is 2.50. The van der Waals surface area contributed by atoms with Gasteiger partial charge in [0, 0.05) is 33.3 Å². The van der Waals surface area contributed by atoms with Gasteiger partial charge in [0.15, 0.2) is 0 Å². The maximum absolute atomic E-state index is 6.39. The Hall–Kier alpha value is -5.86. The molecular formula is C46H33NO. The Morgan fingerprint density at radius 1 is 0.562 bits per heavy atom. The molecule has 0 saturated carbocycles. The van der Waals surface area contributed by atoms with Gasteiger partial charge in [-0.25, -0.2) is 0 Å². The predicted molar refractivity (Wildman–Crippen MR) is 201 cm³/mol. The number of rotatable bonds is 5. The van der Waals surface area contributed by atoms with Crippen molar-refractivity contribution in [2.24, 2.45) is 5.92 Å². The Balaban J connectivity index is 1.07. The molecule has 228 valence electrons. The van der Waals surface area contributed by atoms with Gasteiger partial charge in [-0.15, -0.1) is 0 Å². The first kappa shape index (κ1) is 27.3. The van der Waals surface area contributed by atoms with Crippen LogP contribution in [-0.4, -0.2) is 0 Å². The summed E-state index contributed by atoms with van der Waals surface area (Å²) in [5.41, 5.74) is 11.0. The molecule has 0 amide bonds. The number of furan rings is 1. The number of allylic oxidation sites excluding steroid dienone is 3. The number of benzene rings is 7. The molecule has 0 fully saturated rings. The van der Waals surface area contributed by atoms with Crippen molar-refractivity contribution < 1.29 is 4.42 Å². The third-order valence-corrected chi connectivity index (χ3v) is 10.5. The maximum atomic E-state index is 6.39. The van der Waals surface area contributed by atoms with E-state index in [1.54, 1.807) is 0 Å². The third-order valence-electron chi connectivity index (χ3n) is 10.5. The van der Waals surface area contributed by atoms with Gasteiger partial charge in [-0.3, -0.25) is 0 Å². The van der Waals surface area contributed by atoms with Crippen LogP contribution in [0.2, 0.25) is 0 Å². The van der Waals surface area contributed by atoms with Crippen LogP contribution in [0.25, 0.3) is 54.6 Å². The number of fused-ring (bicyclic) bond motifs is 6. The van der Waals surface area contributed by atoms with Crippen molar-refractivity contribution >= 4 is 54.9 Å². The number of hydrogen-bond donors (Lipinski definition) is 0. The van der Waals surface area contributed by atoms with Gasteiger partial charge >= 0.3 is 0 Å². The standard InChI is InChI=1S/C46H33NO/c1-2-15-34-31(11-1)12-7-18-35(34)40(38-20-10-24-44-46(38)39-17-4-6-23-43(39)48-44)29-30-25-27-33(28-26-30)47-41-21-5-3-16-36(41)37-19-8-13-32-14-9-22-42(47)45(32)37/h1-25,27-28,30,40H,26,29H2/t30?,40-/m0/s1. The van der Waals surface area contributed by atoms with Crippen molar-refractivity contribution in [3.05, 3.63) is 181 Å². The summed E-state index contributed by atoms with van der Waals surface area (Å²) in [5, 5.41) is 7.63. The number of hydrogen-bond acceptors (Lipinski definition) is 2. The van der Waals surface area contributed by atoms with Gasteiger partial charge in [0.25, 0.3) is 0 Å². The topological polar surface area (TPSA) is 16.4 Å². The maximum Gasteiger partial charge on any atom is 0.135 e. The molecule has 8 aromatic rings. The van der Waals surface area contributed by atoms with Gasteiger partial charge in [0.1, 0.15) is 11.2 Å².